The van der Waals surface area contributed by atoms with E-state index < -0.39 is 0 Å². The molecule has 1 aliphatic rings. The van der Waals surface area contributed by atoms with Crippen LogP contribution in [-0.4, -0.2) is 0 Å². The van der Waals surface area contributed by atoms with Crippen molar-refractivity contribution in [3.8, 4) is 44.5 Å². The van der Waals surface area contributed by atoms with Crippen molar-refractivity contribution in [3.63, 3.8) is 0 Å². The van der Waals surface area contributed by atoms with Crippen LogP contribution in [0.25, 0.3) is 44.5 Å². The van der Waals surface area contributed by atoms with Gasteiger partial charge in [-0.05, 0) is 112 Å². The Morgan fingerprint density at radius 2 is 0.765 bits per heavy atom. The zero-order valence-corrected chi connectivity index (χ0v) is 27.8. The van der Waals surface area contributed by atoms with E-state index in [4.69, 9.17) is 0 Å². The van der Waals surface area contributed by atoms with E-state index in [0.717, 1.165) is 50.8 Å². The van der Waals surface area contributed by atoms with E-state index >= 15 is 0 Å². The number of anilines is 6. The fraction of sp³-hybridized carbons (Fsp3) is 0. The van der Waals surface area contributed by atoms with Gasteiger partial charge in [-0.3, -0.25) is 0 Å². The molecular formula is C48H33FN2. The van der Waals surface area contributed by atoms with Crippen LogP contribution < -0.4 is 9.80 Å². The molecule has 0 atom stereocenters. The van der Waals surface area contributed by atoms with Crippen molar-refractivity contribution in [1.82, 2.24) is 0 Å². The summed E-state index contributed by atoms with van der Waals surface area (Å²) in [5.41, 5.74) is 15.7. The Bertz CT molecular complexity index is 2460. The van der Waals surface area contributed by atoms with Crippen molar-refractivity contribution < 1.29 is 4.39 Å². The van der Waals surface area contributed by atoms with E-state index in [1.165, 1.54) is 39.9 Å². The first-order chi connectivity index (χ1) is 25.2. The molecule has 0 saturated carbocycles. The molecule has 0 unspecified atom stereocenters. The van der Waals surface area contributed by atoms with Gasteiger partial charge in [-0.15, -0.1) is 0 Å². The highest BCUT2D eigenvalue weighted by Gasteiger charge is 2.26. The monoisotopic (exact) mass is 656 g/mol. The first-order valence-electron chi connectivity index (χ1n) is 17.2. The first-order valence-corrected chi connectivity index (χ1v) is 17.2. The van der Waals surface area contributed by atoms with Crippen LogP contribution in [0.15, 0.2) is 200 Å². The van der Waals surface area contributed by atoms with Crippen LogP contribution in [0, 0.1) is 5.82 Å². The normalized spacial score (nSPS) is 11.6. The number of nitrogens with zero attached hydrogens (tertiary/aromatic N) is 2. The molecule has 0 bridgehead atoms. The maximum absolute atomic E-state index is 14.1. The van der Waals surface area contributed by atoms with E-state index in [-0.39, 0.29) is 5.82 Å². The van der Waals surface area contributed by atoms with Gasteiger partial charge in [0, 0.05) is 33.9 Å². The Kier molecular flexibility index (Phi) is 7.71. The molecule has 0 aliphatic carbocycles. The molecule has 2 nitrogen and oxygen atoms in total. The van der Waals surface area contributed by atoms with E-state index in [1.807, 2.05) is 18.2 Å². The molecule has 51 heavy (non-hydrogen) atoms. The van der Waals surface area contributed by atoms with Crippen LogP contribution in [0.1, 0.15) is 0 Å². The van der Waals surface area contributed by atoms with Crippen molar-refractivity contribution in [2.24, 2.45) is 0 Å². The Balaban J connectivity index is 1.13. The molecule has 0 aromatic heterocycles. The number of fused-ring (bicyclic) bond motifs is 5. The number of benzene rings is 8. The summed E-state index contributed by atoms with van der Waals surface area (Å²) >= 11 is 0. The molecule has 242 valence electrons. The molecule has 0 radical (unpaired) electrons. The SMILES string of the molecule is Fc1ccc(N(c2ccc(-c3ccccc3)cc2)c2ccc(-c3ccc4c(c3)-c3ccccc3-c3ccccc3N4c3ccccc3)cc2)cc1. The molecule has 8 aromatic rings. The lowest BCUT2D eigenvalue weighted by atomic mass is 9.92. The minimum Gasteiger partial charge on any atom is -0.311 e. The average molecular weight is 657 g/mol. The molecule has 3 heteroatoms. The molecule has 1 aliphatic heterocycles. The average Bonchev–Trinajstić information content (AvgIpc) is 3.32. The Morgan fingerprint density at radius 3 is 1.39 bits per heavy atom. The van der Waals surface area contributed by atoms with Gasteiger partial charge >= 0.3 is 0 Å². The lowest BCUT2D eigenvalue weighted by Gasteiger charge is -2.27. The fourth-order valence-electron chi connectivity index (χ4n) is 7.23. The number of rotatable bonds is 6. The van der Waals surface area contributed by atoms with Crippen LogP contribution in [-0.2, 0) is 0 Å². The summed E-state index contributed by atoms with van der Waals surface area (Å²) in [7, 11) is 0. The van der Waals surface area contributed by atoms with Gasteiger partial charge in [0.15, 0.2) is 0 Å². The lowest BCUT2D eigenvalue weighted by molar-refractivity contribution is 0.628. The van der Waals surface area contributed by atoms with Gasteiger partial charge in [-0.1, -0.05) is 121 Å². The minimum atomic E-state index is -0.257. The Morgan fingerprint density at radius 1 is 0.333 bits per heavy atom. The molecule has 0 N–H and O–H groups in total. The summed E-state index contributed by atoms with van der Waals surface area (Å²) in [6, 6.07) is 69.0. The van der Waals surface area contributed by atoms with E-state index in [2.05, 4.69) is 180 Å². The number of para-hydroxylation sites is 2. The van der Waals surface area contributed by atoms with E-state index in [0.29, 0.717) is 0 Å². The Labute approximate surface area is 298 Å². The molecular weight excluding hydrogens is 624 g/mol. The fourth-order valence-corrected chi connectivity index (χ4v) is 7.23. The van der Waals surface area contributed by atoms with E-state index in [9.17, 15) is 4.39 Å². The summed E-state index contributed by atoms with van der Waals surface area (Å²) in [6.45, 7) is 0. The third-order valence-electron chi connectivity index (χ3n) is 9.68. The highest BCUT2D eigenvalue weighted by molar-refractivity contribution is 6.03. The Hall–Kier alpha value is -6.71. The third kappa shape index (κ3) is 5.65. The van der Waals surface area contributed by atoms with Gasteiger partial charge in [0.25, 0.3) is 0 Å². The van der Waals surface area contributed by atoms with Gasteiger partial charge in [-0.2, -0.15) is 0 Å². The lowest BCUT2D eigenvalue weighted by Crippen LogP contribution is -2.10. The van der Waals surface area contributed by atoms with Crippen molar-refractivity contribution >= 4 is 34.1 Å². The van der Waals surface area contributed by atoms with Gasteiger partial charge in [0.1, 0.15) is 5.82 Å². The summed E-state index contributed by atoms with van der Waals surface area (Å²) in [6.07, 6.45) is 0. The number of hydrogen-bond donors (Lipinski definition) is 0. The maximum atomic E-state index is 14.1. The topological polar surface area (TPSA) is 6.48 Å². The summed E-state index contributed by atoms with van der Waals surface area (Å²) in [4.78, 5) is 4.54. The highest BCUT2D eigenvalue weighted by Crippen LogP contribution is 2.51. The van der Waals surface area contributed by atoms with Crippen molar-refractivity contribution in [2.75, 3.05) is 9.80 Å². The molecule has 0 spiro atoms. The first kappa shape index (κ1) is 30.4. The van der Waals surface area contributed by atoms with Crippen LogP contribution in [0.3, 0.4) is 0 Å². The predicted molar refractivity (Wildman–Crippen MR) is 211 cm³/mol. The maximum Gasteiger partial charge on any atom is 0.123 e. The van der Waals surface area contributed by atoms with Crippen LogP contribution in [0.5, 0.6) is 0 Å². The summed E-state index contributed by atoms with van der Waals surface area (Å²) in [5, 5.41) is 0. The zero-order valence-electron chi connectivity index (χ0n) is 27.8. The molecule has 8 aromatic carbocycles. The van der Waals surface area contributed by atoms with Crippen molar-refractivity contribution in [1.29, 1.82) is 0 Å². The second-order valence-electron chi connectivity index (χ2n) is 12.7. The van der Waals surface area contributed by atoms with Gasteiger partial charge in [0.05, 0.1) is 11.4 Å². The van der Waals surface area contributed by atoms with Gasteiger partial charge in [-0.25, -0.2) is 4.39 Å². The minimum absolute atomic E-state index is 0.257. The van der Waals surface area contributed by atoms with Gasteiger partial charge < -0.3 is 9.80 Å². The molecule has 0 amide bonds. The number of halogens is 1. The molecule has 9 rings (SSSR count). The predicted octanol–water partition coefficient (Wildman–Crippen LogP) is 13.7. The summed E-state index contributed by atoms with van der Waals surface area (Å²) in [5.74, 6) is -0.257. The molecule has 0 saturated heterocycles. The quantitative estimate of drug-likeness (QED) is 0.176. The largest absolute Gasteiger partial charge is 0.311 e. The molecule has 0 fully saturated rings. The zero-order chi connectivity index (χ0) is 34.1. The van der Waals surface area contributed by atoms with Crippen molar-refractivity contribution in [3.05, 3.63) is 206 Å². The standard InChI is InChI=1S/C48H33FN2/c49-38-24-30-42(31-25-38)50(40-26-19-35(20-27-40)34-11-3-1-4-12-34)41-28-21-36(22-29-41)37-23-32-48-46(33-37)44-16-8-7-15-43(44)45-17-9-10-18-47(45)51(48)39-13-5-2-6-14-39/h1-33H. The number of hydrogen-bond acceptors (Lipinski definition) is 2. The second kappa shape index (κ2) is 13.0. The molecule has 1 heterocycles. The van der Waals surface area contributed by atoms with Gasteiger partial charge in [0.2, 0.25) is 0 Å². The summed E-state index contributed by atoms with van der Waals surface area (Å²) < 4.78 is 14.1. The van der Waals surface area contributed by atoms with Crippen LogP contribution in [0.2, 0.25) is 0 Å². The van der Waals surface area contributed by atoms with Crippen LogP contribution in [0.4, 0.5) is 38.5 Å². The highest BCUT2D eigenvalue weighted by atomic mass is 19.1. The van der Waals surface area contributed by atoms with Crippen LogP contribution >= 0.6 is 0 Å². The van der Waals surface area contributed by atoms with Crippen molar-refractivity contribution in [2.45, 2.75) is 0 Å². The smallest absolute Gasteiger partial charge is 0.123 e. The third-order valence-corrected chi connectivity index (χ3v) is 9.68. The van der Waals surface area contributed by atoms with E-state index in [1.54, 1.807) is 0 Å². The second-order valence-corrected chi connectivity index (χ2v) is 12.7.